The maximum Gasteiger partial charge on any atom is 0.229 e. The second-order valence-corrected chi connectivity index (χ2v) is 8.18. The minimum atomic E-state index is -1.30. The van der Waals surface area contributed by atoms with Crippen molar-refractivity contribution in [2.45, 2.75) is 31.1 Å². The van der Waals surface area contributed by atoms with Crippen molar-refractivity contribution >= 4 is 23.4 Å². The average molecular weight is 447 g/mol. The Bertz CT molecular complexity index is 979. The lowest BCUT2D eigenvalue weighted by molar-refractivity contribution is -0.123. The Labute approximate surface area is 183 Å². The molecule has 2 aliphatic rings. The van der Waals surface area contributed by atoms with Gasteiger partial charge in [-0.15, -0.1) is 0 Å². The normalized spacial score (nSPS) is 29.6. The number of amides is 1. The van der Waals surface area contributed by atoms with E-state index in [2.05, 4.69) is 20.6 Å². The molecule has 6 atom stereocenters. The molecular formula is C21H26FN5O5. The Balaban J connectivity index is 1.77. The van der Waals surface area contributed by atoms with Gasteiger partial charge in [-0.3, -0.25) is 4.79 Å². The summed E-state index contributed by atoms with van der Waals surface area (Å²) in [5, 5.41) is 36.9. The van der Waals surface area contributed by atoms with E-state index in [4.69, 9.17) is 10.5 Å². The Morgan fingerprint density at radius 2 is 2.16 bits per heavy atom. The van der Waals surface area contributed by atoms with Gasteiger partial charge < -0.3 is 36.4 Å². The molecule has 1 saturated carbocycles. The number of ether oxygens (including phenoxy) is 1. The number of anilines is 3. The van der Waals surface area contributed by atoms with Crippen LogP contribution in [0.15, 0.2) is 30.5 Å². The van der Waals surface area contributed by atoms with Crippen LogP contribution in [0.2, 0.25) is 0 Å². The summed E-state index contributed by atoms with van der Waals surface area (Å²) < 4.78 is 20.2. The number of aromatic nitrogens is 2. The maximum atomic E-state index is 14.6. The second kappa shape index (κ2) is 9.23. The molecule has 0 radical (unpaired) electrons. The van der Waals surface area contributed by atoms with Gasteiger partial charge in [-0.05, 0) is 30.9 Å². The first-order valence-corrected chi connectivity index (χ1v) is 10.4. The molecule has 4 bridgehead atoms. The van der Waals surface area contributed by atoms with Crippen LogP contribution in [0.1, 0.15) is 12.8 Å². The quantitative estimate of drug-likeness (QED) is 0.390. The minimum absolute atomic E-state index is 0.112. The number of aliphatic hydroxyl groups is 3. The molecule has 0 saturated heterocycles. The van der Waals surface area contributed by atoms with E-state index in [1.165, 1.54) is 0 Å². The van der Waals surface area contributed by atoms with Gasteiger partial charge in [0.25, 0.3) is 0 Å². The fourth-order valence-electron chi connectivity index (χ4n) is 4.67. The number of hydrogen-bond acceptors (Lipinski definition) is 9. The summed E-state index contributed by atoms with van der Waals surface area (Å²) in [6.07, 6.45) is -1.03. The molecule has 0 unspecified atom stereocenters. The molecule has 2 aromatic rings. The summed E-state index contributed by atoms with van der Waals surface area (Å²) in [4.78, 5) is 20.5. The number of primary amides is 1. The van der Waals surface area contributed by atoms with Crippen LogP contribution in [0.4, 0.5) is 21.8 Å². The van der Waals surface area contributed by atoms with Crippen LogP contribution in [0.5, 0.6) is 5.75 Å². The molecule has 172 valence electrons. The number of carbonyl (C=O) groups is 1. The Morgan fingerprint density at radius 1 is 1.34 bits per heavy atom. The number of fused-ring (bicyclic) bond motifs is 5. The lowest BCUT2D eigenvalue weighted by Crippen LogP contribution is -2.47. The predicted octanol–water partition coefficient (Wildman–Crippen LogP) is 0.374. The summed E-state index contributed by atoms with van der Waals surface area (Å²) in [7, 11) is 0. The van der Waals surface area contributed by atoms with Crippen molar-refractivity contribution in [2.24, 2.45) is 23.5 Å². The number of aliphatic hydroxyl groups excluding tert-OH is 3. The van der Waals surface area contributed by atoms with Crippen molar-refractivity contribution in [3.05, 3.63) is 36.3 Å². The van der Waals surface area contributed by atoms with Gasteiger partial charge in [0.2, 0.25) is 11.9 Å². The molecule has 4 rings (SSSR count). The third kappa shape index (κ3) is 4.45. The summed E-state index contributed by atoms with van der Waals surface area (Å²) in [6.45, 7) is -0.378. The highest BCUT2D eigenvalue weighted by Crippen LogP contribution is 2.42. The highest BCUT2D eigenvalue weighted by molar-refractivity contribution is 5.79. The van der Waals surface area contributed by atoms with Crippen LogP contribution in [-0.2, 0) is 4.79 Å². The molecular weight excluding hydrogens is 421 g/mol. The van der Waals surface area contributed by atoms with Crippen molar-refractivity contribution in [3.8, 4) is 5.75 Å². The van der Waals surface area contributed by atoms with Gasteiger partial charge in [-0.1, -0.05) is 6.07 Å². The van der Waals surface area contributed by atoms with Crippen LogP contribution in [0.25, 0.3) is 0 Å². The fraction of sp³-hybridized carbons (Fsp3) is 0.476. The van der Waals surface area contributed by atoms with Crippen LogP contribution in [0, 0.1) is 23.6 Å². The van der Waals surface area contributed by atoms with Crippen molar-refractivity contribution in [1.29, 1.82) is 0 Å². The van der Waals surface area contributed by atoms with E-state index in [9.17, 15) is 24.5 Å². The van der Waals surface area contributed by atoms with Gasteiger partial charge in [0.1, 0.15) is 18.5 Å². The molecule has 7 N–H and O–H groups in total. The van der Waals surface area contributed by atoms with E-state index >= 15 is 0 Å². The first kappa shape index (κ1) is 22.2. The smallest absolute Gasteiger partial charge is 0.229 e. The van der Waals surface area contributed by atoms with Crippen molar-refractivity contribution < 1.29 is 29.2 Å². The van der Waals surface area contributed by atoms with Crippen LogP contribution < -0.4 is 21.1 Å². The maximum absolute atomic E-state index is 14.6. The summed E-state index contributed by atoms with van der Waals surface area (Å²) >= 11 is 0. The lowest BCUT2D eigenvalue weighted by Gasteiger charge is -2.31. The summed E-state index contributed by atoms with van der Waals surface area (Å²) in [6, 6.07) is 5.97. The monoisotopic (exact) mass is 447 g/mol. The van der Waals surface area contributed by atoms with Gasteiger partial charge in [0.05, 0.1) is 18.2 Å². The lowest BCUT2D eigenvalue weighted by atomic mass is 9.88. The Kier molecular flexibility index (Phi) is 6.40. The topological polar surface area (TPSA) is 163 Å². The molecule has 1 amide bonds. The molecule has 2 heterocycles. The second-order valence-electron chi connectivity index (χ2n) is 8.18. The van der Waals surface area contributed by atoms with E-state index in [1.807, 2.05) is 0 Å². The third-order valence-corrected chi connectivity index (χ3v) is 6.15. The molecule has 1 aromatic heterocycles. The Morgan fingerprint density at radius 3 is 2.91 bits per heavy atom. The summed E-state index contributed by atoms with van der Waals surface area (Å²) in [5.74, 6) is -2.87. The highest BCUT2D eigenvalue weighted by Gasteiger charge is 2.50. The van der Waals surface area contributed by atoms with E-state index in [0.717, 1.165) is 6.20 Å². The molecule has 32 heavy (non-hydrogen) atoms. The molecule has 10 nitrogen and oxygen atoms in total. The van der Waals surface area contributed by atoms with Crippen molar-refractivity contribution in [1.82, 2.24) is 9.97 Å². The SMILES string of the molecule is NC(=O)[C@H]1[C@H](CCO)C[C@@H]2[C@@H](O)[C@H](O)COc3cccc(c3)Nc3ncc(F)c(n3)N[C@H]21. The zero-order valence-electron chi connectivity index (χ0n) is 17.2. The standard InChI is InChI=1S/C21H26FN5O5/c22-14-8-24-21-25-11-2-1-3-12(7-11)32-9-15(29)18(30)13-6-10(4-5-28)16(19(23)31)17(13)26-20(14)27-21/h1-3,7-8,10,13,15-18,28-30H,4-6,9H2,(H2,23,31)(H2,24,25,26,27)/t10-,13+,15-,16+,17-,18-/m1/s1. The van der Waals surface area contributed by atoms with Crippen molar-refractivity contribution in [3.63, 3.8) is 0 Å². The zero-order valence-corrected chi connectivity index (χ0v) is 17.2. The van der Waals surface area contributed by atoms with E-state index in [1.54, 1.807) is 24.3 Å². The zero-order chi connectivity index (χ0) is 22.8. The molecule has 1 aromatic carbocycles. The number of nitrogens with two attached hydrogens (primary N) is 1. The van der Waals surface area contributed by atoms with Gasteiger partial charge >= 0.3 is 0 Å². The predicted molar refractivity (Wildman–Crippen MR) is 113 cm³/mol. The van der Waals surface area contributed by atoms with Crippen LogP contribution in [-0.4, -0.2) is 62.7 Å². The van der Waals surface area contributed by atoms with Gasteiger partial charge in [-0.25, -0.2) is 9.37 Å². The number of rotatable bonds is 3. The third-order valence-electron chi connectivity index (χ3n) is 6.15. The number of hydrogen-bond donors (Lipinski definition) is 6. The first-order chi connectivity index (χ1) is 15.4. The van der Waals surface area contributed by atoms with Gasteiger partial charge in [0, 0.05) is 30.3 Å². The molecule has 0 spiro atoms. The van der Waals surface area contributed by atoms with Crippen LogP contribution >= 0.6 is 0 Å². The largest absolute Gasteiger partial charge is 0.491 e. The average Bonchev–Trinajstić information content (AvgIpc) is 3.12. The van der Waals surface area contributed by atoms with Crippen LogP contribution in [0.3, 0.4) is 0 Å². The molecule has 1 fully saturated rings. The van der Waals surface area contributed by atoms with E-state index < -0.39 is 41.8 Å². The molecule has 1 aliphatic carbocycles. The van der Waals surface area contributed by atoms with Crippen molar-refractivity contribution in [2.75, 3.05) is 23.8 Å². The van der Waals surface area contributed by atoms with Gasteiger partial charge in [0.15, 0.2) is 11.6 Å². The Hall–Kier alpha value is -3.02. The summed E-state index contributed by atoms with van der Waals surface area (Å²) in [5.41, 5.74) is 6.23. The minimum Gasteiger partial charge on any atom is -0.491 e. The van der Waals surface area contributed by atoms with E-state index in [0.29, 0.717) is 11.4 Å². The molecule has 11 heteroatoms. The number of halogens is 1. The number of benzene rings is 1. The molecule has 1 aliphatic heterocycles. The highest BCUT2D eigenvalue weighted by atomic mass is 19.1. The van der Waals surface area contributed by atoms with Gasteiger partial charge in [-0.2, -0.15) is 4.98 Å². The first-order valence-electron chi connectivity index (χ1n) is 10.4. The number of nitrogens with one attached hydrogen (secondary N) is 2. The number of nitrogens with zero attached hydrogens (tertiary/aromatic N) is 2. The number of carbonyl (C=O) groups excluding carboxylic acids is 1. The van der Waals surface area contributed by atoms with E-state index in [-0.39, 0.29) is 43.7 Å². The fourth-order valence-corrected chi connectivity index (χ4v) is 4.67.